The topological polar surface area (TPSA) is 75.3 Å². The third-order valence-corrected chi connectivity index (χ3v) is 7.50. The summed E-state index contributed by atoms with van der Waals surface area (Å²) in [6, 6.07) is 18.2. The predicted molar refractivity (Wildman–Crippen MR) is 139 cm³/mol. The molecule has 0 bridgehead atoms. The van der Waals surface area contributed by atoms with Crippen molar-refractivity contribution in [2.24, 2.45) is 0 Å². The minimum Gasteiger partial charge on any atom is -0.346 e. The molecule has 0 saturated carbocycles. The zero-order valence-electron chi connectivity index (χ0n) is 21.0. The third-order valence-electron chi connectivity index (χ3n) is 5.99. The van der Waals surface area contributed by atoms with E-state index in [9.17, 15) is 13.2 Å². The van der Waals surface area contributed by atoms with Crippen molar-refractivity contribution in [2.45, 2.75) is 64.8 Å². The maximum Gasteiger partial charge on any atom is 0.262 e. The van der Waals surface area contributed by atoms with Gasteiger partial charge in [0, 0.05) is 5.56 Å². The maximum absolute atomic E-state index is 13.1. The first-order chi connectivity index (χ1) is 15.8. The Labute approximate surface area is 203 Å². The Bertz CT molecular complexity index is 1300. The van der Waals surface area contributed by atoms with Crippen molar-refractivity contribution in [3.63, 3.8) is 0 Å². The predicted octanol–water partition coefficient (Wildman–Crippen LogP) is 6.20. The van der Waals surface area contributed by atoms with Crippen molar-refractivity contribution >= 4 is 21.6 Å². The third kappa shape index (κ3) is 5.86. The number of carbonyl (C=O) groups is 1. The zero-order valence-corrected chi connectivity index (χ0v) is 21.8. The first-order valence-electron chi connectivity index (χ1n) is 11.4. The largest absolute Gasteiger partial charge is 0.346 e. The van der Waals surface area contributed by atoms with Gasteiger partial charge >= 0.3 is 0 Å². The lowest BCUT2D eigenvalue weighted by molar-refractivity contribution is 0.0939. The van der Waals surface area contributed by atoms with Crippen LogP contribution in [0, 0.1) is 20.8 Å². The highest BCUT2D eigenvalue weighted by Gasteiger charge is 2.21. The smallest absolute Gasteiger partial charge is 0.262 e. The van der Waals surface area contributed by atoms with Crippen LogP contribution in [0.3, 0.4) is 0 Å². The second-order valence-corrected chi connectivity index (χ2v) is 11.6. The molecule has 34 heavy (non-hydrogen) atoms. The molecule has 180 valence electrons. The van der Waals surface area contributed by atoms with Crippen molar-refractivity contribution < 1.29 is 13.2 Å². The number of hydrogen-bond acceptors (Lipinski definition) is 3. The summed E-state index contributed by atoms with van der Waals surface area (Å²) < 4.78 is 29.0. The monoisotopic (exact) mass is 478 g/mol. The van der Waals surface area contributed by atoms with Crippen LogP contribution in [0.2, 0.25) is 0 Å². The first-order valence-corrected chi connectivity index (χ1v) is 12.9. The van der Waals surface area contributed by atoms with Crippen molar-refractivity contribution in [2.75, 3.05) is 4.72 Å². The van der Waals surface area contributed by atoms with E-state index in [0.29, 0.717) is 16.8 Å². The number of nitrogens with one attached hydrogen (secondary N) is 2. The summed E-state index contributed by atoms with van der Waals surface area (Å²) in [4.78, 5) is 13.1. The van der Waals surface area contributed by atoms with Crippen molar-refractivity contribution in [1.82, 2.24) is 5.32 Å². The summed E-state index contributed by atoms with van der Waals surface area (Å²) in [5.41, 5.74) is 5.53. The first kappa shape index (κ1) is 25.5. The van der Waals surface area contributed by atoms with Crippen LogP contribution in [0.25, 0.3) is 0 Å². The van der Waals surface area contributed by atoms with Gasteiger partial charge in [0.2, 0.25) is 0 Å². The van der Waals surface area contributed by atoms with Crippen LogP contribution in [0.5, 0.6) is 0 Å². The highest BCUT2D eigenvalue weighted by atomic mass is 32.2. The number of anilines is 1. The van der Waals surface area contributed by atoms with Gasteiger partial charge in [-0.25, -0.2) is 8.42 Å². The Hall–Kier alpha value is -3.12. The molecule has 0 aliphatic carbocycles. The molecular formula is C28H34N2O3S. The van der Waals surface area contributed by atoms with E-state index >= 15 is 0 Å². The molecule has 0 aromatic heterocycles. The number of aryl methyl sites for hydroxylation is 3. The molecule has 0 unspecified atom stereocenters. The zero-order chi connectivity index (χ0) is 25.3. The molecule has 0 aliphatic rings. The fourth-order valence-electron chi connectivity index (χ4n) is 3.79. The molecule has 0 saturated heterocycles. The summed E-state index contributed by atoms with van der Waals surface area (Å²) >= 11 is 0. The Balaban J connectivity index is 1.81. The minimum atomic E-state index is -3.86. The number of rotatable bonds is 6. The summed E-state index contributed by atoms with van der Waals surface area (Å²) in [5, 5.41) is 2.98. The van der Waals surface area contributed by atoms with Gasteiger partial charge in [0.05, 0.1) is 16.6 Å². The Kier molecular flexibility index (Phi) is 7.22. The molecule has 0 heterocycles. The quantitative estimate of drug-likeness (QED) is 0.443. The van der Waals surface area contributed by atoms with Crippen molar-refractivity contribution in [3.05, 3.63) is 94.0 Å². The summed E-state index contributed by atoms with van der Waals surface area (Å²) in [6.07, 6.45) is 0. The van der Waals surface area contributed by atoms with Crippen LogP contribution in [-0.2, 0) is 15.4 Å². The van der Waals surface area contributed by atoms with Crippen LogP contribution in [0.15, 0.2) is 65.6 Å². The van der Waals surface area contributed by atoms with Crippen LogP contribution in [0.1, 0.15) is 71.9 Å². The highest BCUT2D eigenvalue weighted by Crippen LogP contribution is 2.26. The molecule has 5 nitrogen and oxygen atoms in total. The lowest BCUT2D eigenvalue weighted by Crippen LogP contribution is -2.27. The second kappa shape index (κ2) is 9.63. The number of amides is 1. The normalized spacial score (nSPS) is 12.8. The molecular weight excluding hydrogens is 444 g/mol. The van der Waals surface area contributed by atoms with E-state index in [1.165, 1.54) is 11.6 Å². The molecule has 3 aromatic rings. The summed E-state index contributed by atoms with van der Waals surface area (Å²) in [7, 11) is -3.86. The van der Waals surface area contributed by atoms with E-state index in [2.05, 4.69) is 42.9 Å². The van der Waals surface area contributed by atoms with Crippen molar-refractivity contribution in [1.29, 1.82) is 0 Å². The van der Waals surface area contributed by atoms with E-state index in [-0.39, 0.29) is 22.3 Å². The summed E-state index contributed by atoms with van der Waals surface area (Å²) in [6.45, 7) is 13.9. The van der Waals surface area contributed by atoms with Gasteiger partial charge in [-0.05, 0) is 73.6 Å². The van der Waals surface area contributed by atoms with Gasteiger partial charge in [-0.3, -0.25) is 9.52 Å². The van der Waals surface area contributed by atoms with Gasteiger partial charge < -0.3 is 5.32 Å². The molecule has 3 aromatic carbocycles. The fourth-order valence-corrected chi connectivity index (χ4v) is 5.20. The molecule has 2 N–H and O–H groups in total. The number of hydrogen-bond donors (Lipinski definition) is 2. The van der Waals surface area contributed by atoms with Gasteiger partial charge in [-0.1, -0.05) is 68.8 Å². The molecule has 0 radical (unpaired) electrons. The number of sulfonamides is 1. The van der Waals surface area contributed by atoms with E-state index in [1.807, 2.05) is 45.0 Å². The molecule has 0 spiro atoms. The van der Waals surface area contributed by atoms with Gasteiger partial charge in [0.1, 0.15) is 0 Å². The Morgan fingerprint density at radius 1 is 0.853 bits per heavy atom. The van der Waals surface area contributed by atoms with Gasteiger partial charge in [0.15, 0.2) is 0 Å². The van der Waals surface area contributed by atoms with Crippen LogP contribution < -0.4 is 10.0 Å². The number of carbonyl (C=O) groups excluding carboxylic acids is 1. The lowest BCUT2D eigenvalue weighted by Gasteiger charge is -2.21. The summed E-state index contributed by atoms with van der Waals surface area (Å²) in [5.74, 6) is -0.324. The number of benzene rings is 3. The molecule has 6 heteroatoms. The van der Waals surface area contributed by atoms with Crippen LogP contribution in [0.4, 0.5) is 5.69 Å². The van der Waals surface area contributed by atoms with Crippen LogP contribution in [-0.4, -0.2) is 14.3 Å². The van der Waals surface area contributed by atoms with Crippen molar-refractivity contribution in [3.8, 4) is 0 Å². The second-order valence-electron chi connectivity index (χ2n) is 9.97. The molecule has 1 atom stereocenters. The average Bonchev–Trinajstić information content (AvgIpc) is 2.75. The van der Waals surface area contributed by atoms with Gasteiger partial charge in [-0.15, -0.1) is 0 Å². The van der Waals surface area contributed by atoms with Gasteiger partial charge in [0.25, 0.3) is 15.9 Å². The van der Waals surface area contributed by atoms with E-state index in [1.54, 1.807) is 25.1 Å². The maximum atomic E-state index is 13.1. The minimum absolute atomic E-state index is 0.0555. The Morgan fingerprint density at radius 2 is 1.50 bits per heavy atom. The van der Waals surface area contributed by atoms with Gasteiger partial charge in [-0.2, -0.15) is 0 Å². The highest BCUT2D eigenvalue weighted by molar-refractivity contribution is 7.92. The standard InChI is InChI=1S/C28H34N2O3S/c1-18-8-15-25(20(3)16-18)30-34(32,33)26-17-23(10-9-19(26)2)27(31)29-21(4)22-11-13-24(14-12-22)28(5,6)7/h8-17,21,30H,1-7H3,(H,29,31)/t21-/m0/s1. The Morgan fingerprint density at radius 3 is 2.09 bits per heavy atom. The SMILES string of the molecule is Cc1ccc(NS(=O)(=O)c2cc(C(=O)N[C@@H](C)c3ccc(C(C)(C)C)cc3)ccc2C)c(C)c1. The lowest BCUT2D eigenvalue weighted by atomic mass is 9.86. The average molecular weight is 479 g/mol. The molecule has 3 rings (SSSR count). The van der Waals surface area contributed by atoms with E-state index < -0.39 is 10.0 Å². The van der Waals surface area contributed by atoms with E-state index in [0.717, 1.165) is 16.7 Å². The molecule has 0 fully saturated rings. The molecule has 1 amide bonds. The fraction of sp³-hybridized carbons (Fsp3) is 0.321. The van der Waals surface area contributed by atoms with Crippen LogP contribution >= 0.6 is 0 Å². The van der Waals surface area contributed by atoms with E-state index in [4.69, 9.17) is 0 Å². The molecule has 0 aliphatic heterocycles.